The molecule has 1 aliphatic heterocycles. The summed E-state index contributed by atoms with van der Waals surface area (Å²) in [5, 5.41) is 8.76. The predicted octanol–water partition coefficient (Wildman–Crippen LogP) is 1.97. The molecule has 1 heterocycles. The fraction of sp³-hybridized carbons (Fsp3) is 0.909. The second-order valence-corrected chi connectivity index (χ2v) is 4.55. The molecule has 14 heavy (non-hydrogen) atoms. The molecule has 1 rings (SSSR count). The quantitative estimate of drug-likeness (QED) is 0.755. The predicted molar refractivity (Wildman–Crippen MR) is 56.3 cm³/mol. The molecule has 0 radical (unpaired) electrons. The van der Waals surface area contributed by atoms with E-state index in [1.54, 1.807) is 0 Å². The third kappa shape index (κ3) is 3.66. The number of rotatable bonds is 3. The summed E-state index contributed by atoms with van der Waals surface area (Å²) in [6.07, 6.45) is 3.81. The van der Waals surface area contributed by atoms with E-state index >= 15 is 0 Å². The largest absolute Gasteiger partial charge is 0.481 e. The van der Waals surface area contributed by atoms with Crippen LogP contribution >= 0.6 is 0 Å². The molecular weight excluding hydrogens is 178 g/mol. The van der Waals surface area contributed by atoms with E-state index in [-0.39, 0.29) is 0 Å². The Morgan fingerprint density at radius 3 is 2.79 bits per heavy atom. The Kier molecular flexibility index (Phi) is 4.39. The summed E-state index contributed by atoms with van der Waals surface area (Å²) in [5.41, 5.74) is 0. The van der Waals surface area contributed by atoms with Crippen LogP contribution in [-0.4, -0.2) is 35.1 Å². The Morgan fingerprint density at radius 1 is 1.50 bits per heavy atom. The second kappa shape index (κ2) is 5.35. The van der Waals surface area contributed by atoms with E-state index in [0.717, 1.165) is 19.5 Å². The first-order valence-electron chi connectivity index (χ1n) is 5.55. The highest BCUT2D eigenvalue weighted by Crippen LogP contribution is 2.20. The summed E-state index contributed by atoms with van der Waals surface area (Å²) in [7, 11) is 0. The smallest absolute Gasteiger partial charge is 0.303 e. The molecule has 1 N–H and O–H groups in total. The average Bonchev–Trinajstić information content (AvgIpc) is 2.28. The number of aliphatic carboxylic acids is 1. The molecule has 3 heteroatoms. The Balaban J connectivity index is 2.46. The molecule has 1 fully saturated rings. The summed E-state index contributed by atoms with van der Waals surface area (Å²) in [6, 6.07) is 0.546. The zero-order valence-electron chi connectivity index (χ0n) is 9.20. The molecule has 1 saturated heterocycles. The van der Waals surface area contributed by atoms with E-state index in [2.05, 4.69) is 18.7 Å². The van der Waals surface area contributed by atoms with E-state index in [1.807, 2.05) is 0 Å². The summed E-state index contributed by atoms with van der Waals surface area (Å²) in [5.74, 6) is -0.294. The van der Waals surface area contributed by atoms with Crippen molar-refractivity contribution in [3.05, 3.63) is 0 Å². The molecule has 0 aromatic carbocycles. The van der Waals surface area contributed by atoms with E-state index in [9.17, 15) is 4.79 Å². The van der Waals surface area contributed by atoms with Gasteiger partial charge in [0.05, 0.1) is 0 Å². The van der Waals surface area contributed by atoms with Crippen molar-refractivity contribution < 1.29 is 9.90 Å². The Labute approximate surface area is 86.1 Å². The molecule has 0 aromatic rings. The van der Waals surface area contributed by atoms with E-state index in [4.69, 9.17) is 5.11 Å². The first-order chi connectivity index (χ1) is 6.59. The number of likely N-dealkylation sites (tertiary alicyclic amines) is 1. The normalized spacial score (nSPS) is 24.9. The lowest BCUT2D eigenvalue weighted by Crippen LogP contribution is -2.35. The molecule has 3 nitrogen and oxygen atoms in total. The van der Waals surface area contributed by atoms with Gasteiger partial charge in [-0.2, -0.15) is 0 Å². The topological polar surface area (TPSA) is 40.5 Å². The Hall–Kier alpha value is -0.570. The Morgan fingerprint density at radius 2 is 2.21 bits per heavy atom. The van der Waals surface area contributed by atoms with Crippen LogP contribution in [0.2, 0.25) is 0 Å². The second-order valence-electron chi connectivity index (χ2n) is 4.55. The molecule has 82 valence electrons. The van der Waals surface area contributed by atoms with Crippen molar-refractivity contribution in [3.8, 4) is 0 Å². The summed E-state index contributed by atoms with van der Waals surface area (Å²) >= 11 is 0. The van der Waals surface area contributed by atoms with Gasteiger partial charge in [0.15, 0.2) is 0 Å². The number of nitrogens with zero attached hydrogens (tertiary/aromatic N) is 1. The van der Waals surface area contributed by atoms with Gasteiger partial charge < -0.3 is 10.0 Å². The number of hydrogen-bond acceptors (Lipinski definition) is 2. The number of carbonyl (C=O) groups is 1. The maximum absolute atomic E-state index is 10.6. The zero-order valence-corrected chi connectivity index (χ0v) is 9.20. The number of carboxylic acids is 1. The molecule has 0 saturated carbocycles. The van der Waals surface area contributed by atoms with Crippen molar-refractivity contribution in [1.82, 2.24) is 4.90 Å². The van der Waals surface area contributed by atoms with Crippen LogP contribution in [0.15, 0.2) is 0 Å². The number of carboxylic acid groups (broad SMARTS) is 1. The lowest BCUT2D eigenvalue weighted by molar-refractivity contribution is -0.138. The van der Waals surface area contributed by atoms with Crippen molar-refractivity contribution in [1.29, 1.82) is 0 Å². The monoisotopic (exact) mass is 199 g/mol. The average molecular weight is 199 g/mol. The van der Waals surface area contributed by atoms with Crippen molar-refractivity contribution in [2.45, 2.75) is 45.6 Å². The van der Waals surface area contributed by atoms with Gasteiger partial charge in [0.25, 0.3) is 0 Å². The van der Waals surface area contributed by atoms with Gasteiger partial charge >= 0.3 is 5.97 Å². The lowest BCUT2D eigenvalue weighted by atomic mass is 9.99. The highest BCUT2D eigenvalue weighted by atomic mass is 16.4. The molecule has 1 atom stereocenters. The SMILES string of the molecule is CC(C)N1CCCCC(CC(=O)O)C1. The molecule has 1 aliphatic rings. The zero-order chi connectivity index (χ0) is 10.6. The van der Waals surface area contributed by atoms with Crippen LogP contribution in [0.3, 0.4) is 0 Å². The maximum Gasteiger partial charge on any atom is 0.303 e. The fourth-order valence-corrected chi connectivity index (χ4v) is 2.14. The van der Waals surface area contributed by atoms with E-state index in [1.165, 1.54) is 12.8 Å². The molecular formula is C11H21NO2. The van der Waals surface area contributed by atoms with Crippen molar-refractivity contribution in [2.75, 3.05) is 13.1 Å². The molecule has 0 amide bonds. The minimum atomic E-state index is -0.652. The van der Waals surface area contributed by atoms with Crippen molar-refractivity contribution in [3.63, 3.8) is 0 Å². The van der Waals surface area contributed by atoms with Gasteiger partial charge in [-0.25, -0.2) is 0 Å². The van der Waals surface area contributed by atoms with Gasteiger partial charge in [-0.3, -0.25) is 4.79 Å². The van der Waals surface area contributed by atoms with Crippen molar-refractivity contribution in [2.24, 2.45) is 5.92 Å². The van der Waals surface area contributed by atoms with Gasteiger partial charge in [0.1, 0.15) is 0 Å². The lowest BCUT2D eigenvalue weighted by Gasteiger charge is -2.27. The van der Waals surface area contributed by atoms with Crippen molar-refractivity contribution >= 4 is 5.97 Å². The maximum atomic E-state index is 10.6. The third-order valence-electron chi connectivity index (χ3n) is 2.99. The minimum absolute atomic E-state index is 0.337. The molecule has 0 bridgehead atoms. The fourth-order valence-electron chi connectivity index (χ4n) is 2.14. The minimum Gasteiger partial charge on any atom is -0.481 e. The van der Waals surface area contributed by atoms with Crippen LogP contribution < -0.4 is 0 Å². The van der Waals surface area contributed by atoms with Gasteiger partial charge in [0, 0.05) is 19.0 Å². The van der Waals surface area contributed by atoms with Crippen LogP contribution in [0.5, 0.6) is 0 Å². The summed E-state index contributed by atoms with van der Waals surface area (Å²) in [6.45, 7) is 6.46. The molecule has 0 aromatic heterocycles. The Bertz CT molecular complexity index is 192. The summed E-state index contributed by atoms with van der Waals surface area (Å²) in [4.78, 5) is 13.0. The van der Waals surface area contributed by atoms with E-state index < -0.39 is 5.97 Å². The standard InChI is InChI=1S/C11H21NO2/c1-9(2)12-6-4-3-5-10(8-12)7-11(13)14/h9-10H,3-8H2,1-2H3,(H,13,14). The van der Waals surface area contributed by atoms with E-state index in [0.29, 0.717) is 18.4 Å². The highest BCUT2D eigenvalue weighted by Gasteiger charge is 2.21. The first-order valence-corrected chi connectivity index (χ1v) is 5.55. The first kappa shape index (κ1) is 11.5. The molecule has 0 spiro atoms. The highest BCUT2D eigenvalue weighted by molar-refractivity contribution is 5.67. The van der Waals surface area contributed by atoms with Crippen LogP contribution in [-0.2, 0) is 4.79 Å². The van der Waals surface area contributed by atoms with Crippen LogP contribution in [0, 0.1) is 5.92 Å². The third-order valence-corrected chi connectivity index (χ3v) is 2.99. The van der Waals surface area contributed by atoms with Gasteiger partial charge in [-0.1, -0.05) is 6.42 Å². The number of hydrogen-bond donors (Lipinski definition) is 1. The van der Waals surface area contributed by atoms with Gasteiger partial charge in [0.2, 0.25) is 0 Å². The van der Waals surface area contributed by atoms with Crippen LogP contribution in [0.25, 0.3) is 0 Å². The van der Waals surface area contributed by atoms with Crippen LogP contribution in [0.1, 0.15) is 39.5 Å². The molecule has 0 aliphatic carbocycles. The van der Waals surface area contributed by atoms with Gasteiger partial charge in [-0.15, -0.1) is 0 Å². The van der Waals surface area contributed by atoms with Gasteiger partial charge in [-0.05, 0) is 39.2 Å². The van der Waals surface area contributed by atoms with Crippen LogP contribution in [0.4, 0.5) is 0 Å². The molecule has 1 unspecified atom stereocenters. The summed E-state index contributed by atoms with van der Waals surface area (Å²) < 4.78 is 0.